The van der Waals surface area contributed by atoms with E-state index in [0.29, 0.717) is 12.1 Å². The molecule has 204 valence electrons. The molecule has 0 saturated heterocycles. The van der Waals surface area contributed by atoms with Gasteiger partial charge in [0.25, 0.3) is 5.91 Å². The van der Waals surface area contributed by atoms with Crippen LogP contribution in [-0.2, 0) is 4.74 Å². The highest BCUT2D eigenvalue weighted by Crippen LogP contribution is 2.28. The Morgan fingerprint density at radius 2 is 1.68 bits per heavy atom. The fourth-order valence-corrected chi connectivity index (χ4v) is 5.67. The summed E-state index contributed by atoms with van der Waals surface area (Å²) in [7, 11) is 1.76. The molecule has 0 spiro atoms. The quantitative estimate of drug-likeness (QED) is 0.469. The molecule has 5 rings (SSSR count). The maximum atomic E-state index is 13.2. The third-order valence-corrected chi connectivity index (χ3v) is 7.71. The number of hydrogen-bond acceptors (Lipinski definition) is 7. The first-order valence-electron chi connectivity index (χ1n) is 13.3. The monoisotopic (exact) mass is 550 g/mol. The second-order valence-electron chi connectivity index (χ2n) is 10.3. The molecule has 0 radical (unpaired) electrons. The third kappa shape index (κ3) is 7.24. The van der Waals surface area contributed by atoms with E-state index < -0.39 is 0 Å². The van der Waals surface area contributed by atoms with Gasteiger partial charge in [-0.3, -0.25) is 9.79 Å². The number of ether oxygens (including phenoxy) is 1. The molecular formula is C27H40Cl2N6O2. The highest BCUT2D eigenvalue weighted by molar-refractivity contribution is 5.97. The zero-order valence-electron chi connectivity index (χ0n) is 21.8. The molecule has 3 N–H and O–H groups in total. The summed E-state index contributed by atoms with van der Waals surface area (Å²) < 4.78 is 5.47. The van der Waals surface area contributed by atoms with Crippen LogP contribution >= 0.6 is 24.8 Å². The minimum Gasteiger partial charge on any atom is -0.381 e. The lowest BCUT2D eigenvalue weighted by atomic mass is 9.90. The molecule has 2 atom stereocenters. The van der Waals surface area contributed by atoms with Crippen molar-refractivity contribution in [3.63, 3.8) is 0 Å². The second-order valence-corrected chi connectivity index (χ2v) is 10.3. The van der Waals surface area contributed by atoms with Crippen molar-refractivity contribution in [3.8, 4) is 0 Å². The number of nitrogens with zero attached hydrogens (tertiary/aromatic N) is 3. The Morgan fingerprint density at radius 3 is 2.35 bits per heavy atom. The van der Waals surface area contributed by atoms with E-state index in [1.807, 2.05) is 12.1 Å². The number of hydrogen-bond donors (Lipinski definition) is 3. The molecule has 2 aromatic rings. The lowest BCUT2D eigenvalue weighted by molar-refractivity contribution is 0.0597. The van der Waals surface area contributed by atoms with Crippen molar-refractivity contribution in [2.45, 2.75) is 95.4 Å². The summed E-state index contributed by atoms with van der Waals surface area (Å²) in [6, 6.07) is 6.81. The van der Waals surface area contributed by atoms with Crippen molar-refractivity contribution in [3.05, 3.63) is 29.6 Å². The van der Waals surface area contributed by atoms with Gasteiger partial charge in [0.1, 0.15) is 5.82 Å². The van der Waals surface area contributed by atoms with Crippen LogP contribution in [0.2, 0.25) is 0 Å². The first-order valence-corrected chi connectivity index (χ1v) is 13.3. The van der Waals surface area contributed by atoms with Crippen LogP contribution in [0.4, 0.5) is 5.82 Å². The summed E-state index contributed by atoms with van der Waals surface area (Å²) in [6.07, 6.45) is 10.8. The van der Waals surface area contributed by atoms with Crippen LogP contribution in [0.15, 0.2) is 23.2 Å². The molecule has 2 saturated carbocycles. The second kappa shape index (κ2) is 13.6. The zero-order chi connectivity index (χ0) is 24.2. The maximum Gasteiger partial charge on any atom is 0.289 e. The zero-order valence-corrected chi connectivity index (χ0v) is 23.4. The van der Waals surface area contributed by atoms with E-state index in [2.05, 4.69) is 38.9 Å². The summed E-state index contributed by atoms with van der Waals surface area (Å²) in [6.45, 7) is 3.00. The van der Waals surface area contributed by atoms with Gasteiger partial charge >= 0.3 is 0 Å². The van der Waals surface area contributed by atoms with Crippen molar-refractivity contribution in [2.24, 2.45) is 4.99 Å². The number of fused-ring (bicyclic) bond motifs is 1. The molecule has 1 aromatic heterocycles. The first-order chi connectivity index (χ1) is 17.1. The number of carbonyl (C=O) groups is 1. The predicted octanol–water partition coefficient (Wildman–Crippen LogP) is 4.97. The van der Waals surface area contributed by atoms with E-state index in [1.54, 1.807) is 7.11 Å². The number of anilines is 1. The summed E-state index contributed by atoms with van der Waals surface area (Å²) in [4.78, 5) is 27.2. The fourth-order valence-electron chi connectivity index (χ4n) is 5.67. The van der Waals surface area contributed by atoms with Gasteiger partial charge in [-0.15, -0.1) is 24.8 Å². The van der Waals surface area contributed by atoms with E-state index in [0.717, 1.165) is 86.0 Å². The Kier molecular flexibility index (Phi) is 10.8. The SMILES string of the molecule is CO[C@H]1CC[C@H](NC(=O)c2nc(N[C@H]3CCCC[C@H]3NC3=NCCC3)c3cc(C)ccc3n2)CC1.Cl.Cl. The molecule has 8 nitrogen and oxygen atoms in total. The summed E-state index contributed by atoms with van der Waals surface area (Å²) in [5.41, 5.74) is 1.94. The Hall–Kier alpha value is -2.16. The van der Waals surface area contributed by atoms with Crippen LogP contribution < -0.4 is 16.0 Å². The van der Waals surface area contributed by atoms with E-state index in [9.17, 15) is 4.79 Å². The molecule has 1 amide bonds. The average molecular weight is 552 g/mol. The van der Waals surface area contributed by atoms with Gasteiger partial charge in [0.05, 0.1) is 17.5 Å². The number of rotatable bonds is 6. The van der Waals surface area contributed by atoms with Crippen LogP contribution in [0, 0.1) is 6.92 Å². The average Bonchev–Trinajstić information content (AvgIpc) is 3.39. The van der Waals surface area contributed by atoms with Gasteiger partial charge in [0.2, 0.25) is 5.82 Å². The van der Waals surface area contributed by atoms with Gasteiger partial charge in [0.15, 0.2) is 0 Å². The van der Waals surface area contributed by atoms with E-state index in [1.165, 1.54) is 12.8 Å². The molecule has 0 unspecified atom stereocenters. The highest BCUT2D eigenvalue weighted by Gasteiger charge is 2.28. The number of halogens is 2. The van der Waals surface area contributed by atoms with E-state index in [4.69, 9.17) is 9.72 Å². The fraction of sp³-hybridized carbons (Fsp3) is 0.630. The molecular weight excluding hydrogens is 511 g/mol. The molecule has 1 aromatic carbocycles. The standard InChI is InChI=1S/C27H38N6O2.2ClH/c1-17-9-14-21-20(16-17)25(32-23-7-4-3-6-22(23)30-24-8-5-15-28-24)33-26(31-21)27(34)29-18-10-12-19(35-2)13-11-18;;/h9,14,16,18-19,22-23H,3-8,10-13,15H2,1-2H3,(H,28,30)(H,29,34)(H,31,32,33);2*1H/t18-,19-,22-,23+;;/m1../s1. The Balaban J connectivity index is 0.00000190. The van der Waals surface area contributed by atoms with Gasteiger partial charge in [-0.1, -0.05) is 24.5 Å². The van der Waals surface area contributed by atoms with Crippen LogP contribution in [0.5, 0.6) is 0 Å². The Bertz CT molecular complexity index is 1090. The first kappa shape index (κ1) is 29.4. The molecule has 2 aliphatic carbocycles. The minimum atomic E-state index is -0.199. The summed E-state index contributed by atoms with van der Waals surface area (Å²) >= 11 is 0. The smallest absolute Gasteiger partial charge is 0.289 e. The summed E-state index contributed by atoms with van der Waals surface area (Å²) in [5, 5.41) is 11.6. The van der Waals surface area contributed by atoms with Crippen LogP contribution in [0.3, 0.4) is 0 Å². The number of aryl methyl sites for hydroxylation is 1. The van der Waals surface area contributed by atoms with Crippen molar-refractivity contribution in [1.29, 1.82) is 0 Å². The molecule has 37 heavy (non-hydrogen) atoms. The number of aromatic nitrogens is 2. The molecule has 2 heterocycles. The lowest BCUT2D eigenvalue weighted by Crippen LogP contribution is -2.48. The maximum absolute atomic E-state index is 13.2. The number of amides is 1. The number of carbonyl (C=O) groups excluding carboxylic acids is 1. The van der Waals surface area contributed by atoms with Crippen LogP contribution in [-0.4, -0.2) is 59.6 Å². The highest BCUT2D eigenvalue weighted by atomic mass is 35.5. The molecule has 1 aliphatic heterocycles. The van der Waals surface area contributed by atoms with E-state index >= 15 is 0 Å². The van der Waals surface area contributed by atoms with Gasteiger partial charge in [0, 0.05) is 43.6 Å². The molecule has 10 heteroatoms. The molecule has 0 bridgehead atoms. The number of nitrogens with one attached hydrogen (secondary N) is 3. The molecule has 2 fully saturated rings. The summed E-state index contributed by atoms with van der Waals surface area (Å²) in [5.74, 6) is 1.92. The van der Waals surface area contributed by atoms with Gasteiger partial charge < -0.3 is 20.7 Å². The number of aliphatic imine (C=N–C) groups is 1. The number of amidine groups is 1. The van der Waals surface area contributed by atoms with Gasteiger partial charge in [-0.05, 0) is 64.0 Å². The van der Waals surface area contributed by atoms with Gasteiger partial charge in [-0.25, -0.2) is 9.97 Å². The van der Waals surface area contributed by atoms with Crippen LogP contribution in [0.25, 0.3) is 10.9 Å². The third-order valence-electron chi connectivity index (χ3n) is 7.71. The van der Waals surface area contributed by atoms with Crippen LogP contribution in [0.1, 0.15) is 80.4 Å². The van der Waals surface area contributed by atoms with Crippen molar-refractivity contribution in [2.75, 3.05) is 19.0 Å². The topological polar surface area (TPSA) is 101 Å². The van der Waals surface area contributed by atoms with Gasteiger partial charge in [-0.2, -0.15) is 0 Å². The normalized spacial score (nSPS) is 25.4. The predicted molar refractivity (Wildman–Crippen MR) is 154 cm³/mol. The van der Waals surface area contributed by atoms with E-state index in [-0.39, 0.29) is 48.6 Å². The largest absolute Gasteiger partial charge is 0.381 e. The van der Waals surface area contributed by atoms with Crippen molar-refractivity contribution in [1.82, 2.24) is 20.6 Å². The number of methoxy groups -OCH3 is 1. The van der Waals surface area contributed by atoms with Crippen molar-refractivity contribution >= 4 is 53.3 Å². The Morgan fingerprint density at radius 1 is 0.946 bits per heavy atom. The Labute approximate surface area is 232 Å². The lowest BCUT2D eigenvalue weighted by Gasteiger charge is -2.34. The number of benzene rings is 1. The molecule has 3 aliphatic rings. The van der Waals surface area contributed by atoms with Crippen molar-refractivity contribution < 1.29 is 9.53 Å². The minimum absolute atomic E-state index is 0.